The maximum Gasteiger partial charge on any atom is 0.0113 e. The summed E-state index contributed by atoms with van der Waals surface area (Å²) in [7, 11) is 0. The van der Waals surface area contributed by atoms with Crippen molar-refractivity contribution >= 4 is 0 Å². The second-order valence-electron chi connectivity index (χ2n) is 7.21. The van der Waals surface area contributed by atoms with Crippen LogP contribution >= 0.6 is 0 Å². The smallest absolute Gasteiger partial charge is 0.0113 e. The molecule has 2 atom stereocenters. The first-order chi connectivity index (χ1) is 9.36. The molecule has 19 heavy (non-hydrogen) atoms. The number of nitrogens with one attached hydrogen (secondary N) is 1. The predicted molar refractivity (Wildman–Crippen MR) is 81.4 cm³/mol. The zero-order chi connectivity index (χ0) is 13.1. The lowest BCUT2D eigenvalue weighted by atomic mass is 9.81. The summed E-state index contributed by atoms with van der Waals surface area (Å²) in [4.78, 5) is 2.93. The van der Waals surface area contributed by atoms with Gasteiger partial charge in [-0.3, -0.25) is 4.90 Å². The highest BCUT2D eigenvalue weighted by molar-refractivity contribution is 4.95. The van der Waals surface area contributed by atoms with Crippen molar-refractivity contribution in [3.8, 4) is 0 Å². The zero-order valence-corrected chi connectivity index (χ0v) is 12.7. The summed E-state index contributed by atoms with van der Waals surface area (Å²) < 4.78 is 0. The Morgan fingerprint density at radius 3 is 2.26 bits per heavy atom. The highest BCUT2D eigenvalue weighted by Gasteiger charge is 2.38. The largest absolute Gasteiger partial charge is 0.314 e. The predicted octanol–water partition coefficient (Wildman–Crippen LogP) is 3.56. The van der Waals surface area contributed by atoms with Crippen molar-refractivity contribution in [1.82, 2.24) is 10.2 Å². The summed E-state index contributed by atoms with van der Waals surface area (Å²) in [6.07, 6.45) is 14.5. The van der Waals surface area contributed by atoms with Gasteiger partial charge in [0.05, 0.1) is 0 Å². The average molecular weight is 264 g/mol. The van der Waals surface area contributed by atoms with Gasteiger partial charge in [-0.2, -0.15) is 0 Å². The molecule has 2 heterocycles. The third kappa shape index (κ3) is 3.33. The van der Waals surface area contributed by atoms with Crippen molar-refractivity contribution in [3.05, 3.63) is 0 Å². The Labute approximate surface area is 119 Å². The van der Waals surface area contributed by atoms with Gasteiger partial charge in [-0.1, -0.05) is 26.2 Å². The molecule has 2 bridgehead atoms. The molecule has 0 amide bonds. The van der Waals surface area contributed by atoms with Crippen LogP contribution in [0.5, 0.6) is 0 Å². The molecule has 3 rings (SSSR count). The molecule has 2 aliphatic heterocycles. The molecule has 0 aromatic heterocycles. The molecule has 0 radical (unpaired) electrons. The van der Waals surface area contributed by atoms with E-state index in [-0.39, 0.29) is 0 Å². The molecule has 2 heteroatoms. The number of rotatable bonds is 5. The first-order valence-electron chi connectivity index (χ1n) is 8.86. The Hall–Kier alpha value is -0.0800. The summed E-state index contributed by atoms with van der Waals surface area (Å²) in [5.41, 5.74) is 0. The van der Waals surface area contributed by atoms with E-state index in [9.17, 15) is 0 Å². The van der Waals surface area contributed by atoms with Crippen LogP contribution in [-0.2, 0) is 0 Å². The quantitative estimate of drug-likeness (QED) is 0.817. The van der Waals surface area contributed by atoms with Crippen molar-refractivity contribution in [3.63, 3.8) is 0 Å². The molecule has 3 fully saturated rings. The van der Waals surface area contributed by atoms with Crippen LogP contribution in [0, 0.1) is 5.92 Å². The first kappa shape index (κ1) is 13.9. The fourth-order valence-electron chi connectivity index (χ4n) is 4.78. The lowest BCUT2D eigenvalue weighted by Gasteiger charge is -2.50. The molecule has 0 aromatic carbocycles. The fourth-order valence-corrected chi connectivity index (χ4v) is 4.78. The lowest BCUT2D eigenvalue weighted by Crippen LogP contribution is -2.57. The van der Waals surface area contributed by atoms with Gasteiger partial charge in [0.25, 0.3) is 0 Å². The number of piperidine rings is 2. The summed E-state index contributed by atoms with van der Waals surface area (Å²) in [5, 5.41) is 3.79. The highest BCUT2D eigenvalue weighted by atomic mass is 15.2. The third-order valence-electron chi connectivity index (χ3n) is 5.75. The minimum absolute atomic E-state index is 0.815. The maximum atomic E-state index is 3.79. The second kappa shape index (κ2) is 6.58. The number of nitrogens with zero attached hydrogens (tertiary/aromatic N) is 1. The molecule has 3 aliphatic rings. The SMILES string of the molecule is CCCNC1CC2CCCC(C1)N2CC1CCCC1. The van der Waals surface area contributed by atoms with E-state index in [4.69, 9.17) is 0 Å². The van der Waals surface area contributed by atoms with E-state index in [0.717, 1.165) is 24.0 Å². The van der Waals surface area contributed by atoms with E-state index in [0.29, 0.717) is 0 Å². The molecular weight excluding hydrogens is 232 g/mol. The molecule has 2 nitrogen and oxygen atoms in total. The average Bonchev–Trinajstić information content (AvgIpc) is 2.89. The summed E-state index contributed by atoms with van der Waals surface area (Å²) in [6.45, 7) is 4.92. The first-order valence-corrected chi connectivity index (χ1v) is 8.86. The molecule has 1 N–H and O–H groups in total. The Kier molecular flexibility index (Phi) is 4.81. The van der Waals surface area contributed by atoms with E-state index in [1.165, 1.54) is 77.3 Å². The minimum Gasteiger partial charge on any atom is -0.314 e. The summed E-state index contributed by atoms with van der Waals surface area (Å²) in [5.74, 6) is 1.03. The monoisotopic (exact) mass is 264 g/mol. The van der Waals surface area contributed by atoms with Crippen molar-refractivity contribution in [2.24, 2.45) is 5.92 Å². The van der Waals surface area contributed by atoms with Crippen LogP contribution in [0.1, 0.15) is 71.1 Å². The van der Waals surface area contributed by atoms with Crippen LogP contribution < -0.4 is 5.32 Å². The Balaban J connectivity index is 1.56. The molecule has 1 saturated carbocycles. The van der Waals surface area contributed by atoms with Gasteiger partial charge < -0.3 is 5.32 Å². The van der Waals surface area contributed by atoms with Gasteiger partial charge in [-0.25, -0.2) is 0 Å². The number of fused-ring (bicyclic) bond motifs is 2. The fraction of sp³-hybridized carbons (Fsp3) is 1.00. The molecule has 0 spiro atoms. The van der Waals surface area contributed by atoms with E-state index in [1.54, 1.807) is 0 Å². The van der Waals surface area contributed by atoms with E-state index < -0.39 is 0 Å². The van der Waals surface area contributed by atoms with Gasteiger partial charge in [0.1, 0.15) is 0 Å². The van der Waals surface area contributed by atoms with E-state index >= 15 is 0 Å². The molecular formula is C17H32N2. The molecule has 1 aliphatic carbocycles. The minimum atomic E-state index is 0.815. The van der Waals surface area contributed by atoms with Crippen LogP contribution in [0.3, 0.4) is 0 Å². The lowest BCUT2D eigenvalue weighted by molar-refractivity contribution is 0.0129. The van der Waals surface area contributed by atoms with E-state index in [1.807, 2.05) is 0 Å². The molecule has 110 valence electrons. The Bertz CT molecular complexity index is 258. The second-order valence-corrected chi connectivity index (χ2v) is 7.21. The van der Waals surface area contributed by atoms with Gasteiger partial charge in [0, 0.05) is 24.7 Å². The van der Waals surface area contributed by atoms with Crippen LogP contribution in [-0.4, -0.2) is 36.1 Å². The summed E-state index contributed by atoms with van der Waals surface area (Å²) >= 11 is 0. The topological polar surface area (TPSA) is 15.3 Å². The van der Waals surface area contributed by atoms with Crippen molar-refractivity contribution < 1.29 is 0 Å². The molecule has 2 unspecified atom stereocenters. The van der Waals surface area contributed by atoms with Crippen LogP contribution in [0.15, 0.2) is 0 Å². The number of hydrogen-bond donors (Lipinski definition) is 1. The molecule has 2 saturated heterocycles. The molecule has 0 aromatic rings. The van der Waals surface area contributed by atoms with Crippen LogP contribution in [0.25, 0.3) is 0 Å². The van der Waals surface area contributed by atoms with Gasteiger partial charge in [-0.15, -0.1) is 0 Å². The van der Waals surface area contributed by atoms with Gasteiger partial charge in [0.2, 0.25) is 0 Å². The van der Waals surface area contributed by atoms with E-state index in [2.05, 4.69) is 17.1 Å². The summed E-state index contributed by atoms with van der Waals surface area (Å²) in [6, 6.07) is 2.62. The van der Waals surface area contributed by atoms with Crippen molar-refractivity contribution in [2.75, 3.05) is 13.1 Å². The van der Waals surface area contributed by atoms with Gasteiger partial charge in [-0.05, 0) is 57.4 Å². The normalized spacial score (nSPS) is 36.8. The van der Waals surface area contributed by atoms with Gasteiger partial charge in [0.15, 0.2) is 0 Å². The van der Waals surface area contributed by atoms with Crippen molar-refractivity contribution in [2.45, 2.75) is 89.3 Å². The Morgan fingerprint density at radius 1 is 0.947 bits per heavy atom. The zero-order valence-electron chi connectivity index (χ0n) is 12.7. The van der Waals surface area contributed by atoms with Gasteiger partial charge >= 0.3 is 0 Å². The number of hydrogen-bond acceptors (Lipinski definition) is 2. The standard InChI is InChI=1S/C17H32N2/c1-2-10-18-15-11-16-8-5-9-17(12-15)19(16)13-14-6-3-4-7-14/h14-18H,2-13H2,1H3. The van der Waals surface area contributed by atoms with Crippen LogP contribution in [0.2, 0.25) is 0 Å². The maximum absolute atomic E-state index is 3.79. The highest BCUT2D eigenvalue weighted by Crippen LogP contribution is 2.36. The van der Waals surface area contributed by atoms with Crippen LogP contribution in [0.4, 0.5) is 0 Å². The Morgan fingerprint density at radius 2 is 1.63 bits per heavy atom. The van der Waals surface area contributed by atoms with Crippen molar-refractivity contribution in [1.29, 1.82) is 0 Å². The third-order valence-corrected chi connectivity index (χ3v) is 5.75.